The van der Waals surface area contributed by atoms with Gasteiger partial charge in [-0.1, -0.05) is 59.2 Å². The summed E-state index contributed by atoms with van der Waals surface area (Å²) in [6.07, 6.45) is 1.82. The van der Waals surface area contributed by atoms with Crippen molar-refractivity contribution in [2.24, 2.45) is 0 Å². The number of carbonyl (C=O) groups excluding carboxylic acids is 1. The second kappa shape index (κ2) is 7.92. The molecule has 1 aliphatic rings. The van der Waals surface area contributed by atoms with Crippen LogP contribution in [0.15, 0.2) is 71.3 Å². The molecule has 1 amide bonds. The highest BCUT2D eigenvalue weighted by Gasteiger charge is 2.29. The number of benzene rings is 3. The lowest BCUT2D eigenvalue weighted by Gasteiger charge is -2.31. The second-order valence-electron chi connectivity index (χ2n) is 7.62. The third kappa shape index (κ3) is 3.68. The number of carbonyl (C=O) groups is 1. The molecule has 0 saturated carbocycles. The Morgan fingerprint density at radius 3 is 2.77 bits per heavy atom. The largest absolute Gasteiger partial charge is 0.339 e. The van der Waals surface area contributed by atoms with E-state index in [1.54, 1.807) is 0 Å². The molecule has 6 heteroatoms. The first kappa shape index (κ1) is 18.8. The molecule has 1 atom stereocenters. The summed E-state index contributed by atoms with van der Waals surface area (Å²) in [5.41, 5.74) is 1.52. The van der Waals surface area contributed by atoms with Crippen molar-refractivity contribution >= 4 is 28.3 Å². The maximum Gasteiger partial charge on any atom is 0.253 e. The van der Waals surface area contributed by atoms with Crippen molar-refractivity contribution < 1.29 is 9.32 Å². The van der Waals surface area contributed by atoms with Gasteiger partial charge in [0.05, 0.1) is 5.92 Å². The SMILES string of the molecule is O=C(c1ccc2ccccc2c1)N1CCC[C@H](c2nc(-c3cccc(Cl)c3)no2)C1. The molecule has 0 radical (unpaired) electrons. The monoisotopic (exact) mass is 417 g/mol. The molecule has 1 saturated heterocycles. The molecule has 150 valence electrons. The van der Waals surface area contributed by atoms with Crippen LogP contribution in [0.25, 0.3) is 22.2 Å². The smallest absolute Gasteiger partial charge is 0.253 e. The summed E-state index contributed by atoms with van der Waals surface area (Å²) >= 11 is 6.07. The average molecular weight is 418 g/mol. The fourth-order valence-electron chi connectivity index (χ4n) is 4.01. The van der Waals surface area contributed by atoms with Gasteiger partial charge >= 0.3 is 0 Å². The molecule has 1 aliphatic heterocycles. The maximum atomic E-state index is 13.1. The van der Waals surface area contributed by atoms with Gasteiger partial charge in [-0.15, -0.1) is 0 Å². The fraction of sp³-hybridized carbons (Fsp3) is 0.208. The van der Waals surface area contributed by atoms with Crippen LogP contribution in [0.2, 0.25) is 5.02 Å². The molecule has 5 rings (SSSR count). The van der Waals surface area contributed by atoms with E-state index in [4.69, 9.17) is 16.1 Å². The second-order valence-corrected chi connectivity index (χ2v) is 8.06. The maximum absolute atomic E-state index is 13.1. The Morgan fingerprint density at radius 1 is 1.03 bits per heavy atom. The molecule has 0 aliphatic carbocycles. The molecular formula is C24H20ClN3O2. The van der Waals surface area contributed by atoms with Crippen molar-refractivity contribution in [1.82, 2.24) is 15.0 Å². The summed E-state index contributed by atoms with van der Waals surface area (Å²) < 4.78 is 5.55. The van der Waals surface area contributed by atoms with E-state index in [0.29, 0.717) is 28.8 Å². The van der Waals surface area contributed by atoms with Gasteiger partial charge in [-0.2, -0.15) is 4.98 Å². The molecule has 2 heterocycles. The first-order valence-corrected chi connectivity index (χ1v) is 10.4. The van der Waals surface area contributed by atoms with Crippen LogP contribution in [-0.4, -0.2) is 34.0 Å². The van der Waals surface area contributed by atoms with Crippen LogP contribution in [0.4, 0.5) is 0 Å². The highest BCUT2D eigenvalue weighted by Crippen LogP contribution is 2.29. The van der Waals surface area contributed by atoms with E-state index in [2.05, 4.69) is 10.1 Å². The number of hydrogen-bond donors (Lipinski definition) is 0. The number of halogens is 1. The molecule has 0 N–H and O–H groups in total. The lowest BCUT2D eigenvalue weighted by Crippen LogP contribution is -2.39. The molecule has 0 spiro atoms. The van der Waals surface area contributed by atoms with Gasteiger partial charge in [0.1, 0.15) is 0 Å². The van der Waals surface area contributed by atoms with Gasteiger partial charge in [-0.3, -0.25) is 4.79 Å². The van der Waals surface area contributed by atoms with Gasteiger partial charge in [0.25, 0.3) is 5.91 Å². The molecule has 5 nitrogen and oxygen atoms in total. The molecule has 0 unspecified atom stereocenters. The molecule has 30 heavy (non-hydrogen) atoms. The van der Waals surface area contributed by atoms with E-state index in [1.807, 2.05) is 71.6 Å². The summed E-state index contributed by atoms with van der Waals surface area (Å²) in [5.74, 6) is 1.16. The zero-order valence-corrected chi connectivity index (χ0v) is 17.0. The molecular weight excluding hydrogens is 398 g/mol. The Hall–Kier alpha value is -3.18. The number of aromatic nitrogens is 2. The molecule has 0 bridgehead atoms. The predicted molar refractivity (Wildman–Crippen MR) is 117 cm³/mol. The Morgan fingerprint density at radius 2 is 1.90 bits per heavy atom. The Labute approximate surface area is 179 Å². The summed E-state index contributed by atoms with van der Waals surface area (Å²) in [6, 6.07) is 21.3. The van der Waals surface area contributed by atoms with Gasteiger partial charge in [-0.05, 0) is 47.9 Å². The van der Waals surface area contributed by atoms with Crippen molar-refractivity contribution in [2.75, 3.05) is 13.1 Å². The quantitative estimate of drug-likeness (QED) is 0.437. The van der Waals surface area contributed by atoms with Gasteiger partial charge in [-0.25, -0.2) is 0 Å². The average Bonchev–Trinajstić information content (AvgIpc) is 3.29. The van der Waals surface area contributed by atoms with Gasteiger partial charge in [0.2, 0.25) is 11.7 Å². The van der Waals surface area contributed by atoms with Crippen LogP contribution in [0.3, 0.4) is 0 Å². The van der Waals surface area contributed by atoms with E-state index in [0.717, 1.165) is 35.7 Å². The number of nitrogens with zero attached hydrogens (tertiary/aromatic N) is 3. The Kier molecular flexibility index (Phi) is 4.97. The zero-order chi connectivity index (χ0) is 20.5. The van der Waals surface area contributed by atoms with E-state index in [1.165, 1.54) is 0 Å². The van der Waals surface area contributed by atoms with Crippen LogP contribution in [0, 0.1) is 0 Å². The number of fused-ring (bicyclic) bond motifs is 1. The van der Waals surface area contributed by atoms with Crippen molar-refractivity contribution in [1.29, 1.82) is 0 Å². The minimum absolute atomic E-state index is 0.0311. The minimum atomic E-state index is 0.0311. The van der Waals surface area contributed by atoms with Crippen molar-refractivity contribution in [3.8, 4) is 11.4 Å². The highest BCUT2D eigenvalue weighted by molar-refractivity contribution is 6.30. The normalized spacial score (nSPS) is 16.7. The molecule has 4 aromatic rings. The van der Waals surface area contributed by atoms with Crippen LogP contribution in [0.5, 0.6) is 0 Å². The van der Waals surface area contributed by atoms with Crippen molar-refractivity contribution in [3.63, 3.8) is 0 Å². The summed E-state index contributed by atoms with van der Waals surface area (Å²) in [7, 11) is 0. The number of piperidine rings is 1. The minimum Gasteiger partial charge on any atom is -0.339 e. The fourth-order valence-corrected chi connectivity index (χ4v) is 4.20. The van der Waals surface area contributed by atoms with E-state index >= 15 is 0 Å². The predicted octanol–water partition coefficient (Wildman–Crippen LogP) is 5.56. The number of likely N-dealkylation sites (tertiary alicyclic amines) is 1. The lowest BCUT2D eigenvalue weighted by atomic mass is 9.97. The van der Waals surface area contributed by atoms with E-state index in [9.17, 15) is 4.79 Å². The number of rotatable bonds is 3. The van der Waals surface area contributed by atoms with Gasteiger partial charge < -0.3 is 9.42 Å². The van der Waals surface area contributed by atoms with E-state index < -0.39 is 0 Å². The Balaban J connectivity index is 1.35. The molecule has 3 aromatic carbocycles. The van der Waals surface area contributed by atoms with Gasteiger partial charge in [0.15, 0.2) is 0 Å². The number of amides is 1. The molecule has 1 aromatic heterocycles. The zero-order valence-electron chi connectivity index (χ0n) is 16.3. The summed E-state index contributed by atoms with van der Waals surface area (Å²) in [6.45, 7) is 1.31. The van der Waals surface area contributed by atoms with Crippen molar-refractivity contribution in [3.05, 3.63) is 83.2 Å². The first-order chi connectivity index (χ1) is 14.7. The Bertz CT molecular complexity index is 1220. The standard InChI is InChI=1S/C24H20ClN3O2/c25-21-9-3-7-18(14-21)22-26-23(30-27-22)20-8-4-12-28(15-20)24(29)19-11-10-16-5-1-2-6-17(16)13-19/h1-3,5-7,9-11,13-14,20H,4,8,12,15H2/t20-/m0/s1. The van der Waals surface area contributed by atoms with E-state index in [-0.39, 0.29) is 11.8 Å². The summed E-state index contributed by atoms with van der Waals surface area (Å²) in [4.78, 5) is 19.6. The number of hydrogen-bond acceptors (Lipinski definition) is 4. The third-order valence-corrected chi connectivity index (χ3v) is 5.81. The molecule has 1 fully saturated rings. The topological polar surface area (TPSA) is 59.2 Å². The lowest BCUT2D eigenvalue weighted by molar-refractivity contribution is 0.0696. The van der Waals surface area contributed by atoms with Crippen LogP contribution >= 0.6 is 11.6 Å². The third-order valence-electron chi connectivity index (χ3n) is 5.58. The van der Waals surface area contributed by atoms with Gasteiger partial charge in [0, 0.05) is 29.2 Å². The summed E-state index contributed by atoms with van der Waals surface area (Å²) in [5, 5.41) is 6.94. The van der Waals surface area contributed by atoms with Crippen LogP contribution in [-0.2, 0) is 0 Å². The highest BCUT2D eigenvalue weighted by atomic mass is 35.5. The van der Waals surface area contributed by atoms with Crippen molar-refractivity contribution in [2.45, 2.75) is 18.8 Å². The van der Waals surface area contributed by atoms with Crippen LogP contribution < -0.4 is 0 Å². The first-order valence-electron chi connectivity index (χ1n) is 10.0. The van der Waals surface area contributed by atoms with Crippen LogP contribution in [0.1, 0.15) is 35.0 Å².